The maximum atomic E-state index is 13.3. The smallest absolute Gasteiger partial charge is 0.303 e. The van der Waals surface area contributed by atoms with Crippen LogP contribution in [-0.4, -0.2) is 59.4 Å². The number of carbonyl (C=O) groups excluding carboxylic acids is 2. The van der Waals surface area contributed by atoms with Crippen LogP contribution >= 0.6 is 0 Å². The minimum absolute atomic E-state index is 0.0721. The summed E-state index contributed by atoms with van der Waals surface area (Å²) in [5.74, 6) is 0.865. The Balaban J connectivity index is 1.06. The second-order valence-electron chi connectivity index (χ2n) is 22.3. The molecule has 65 heavy (non-hydrogen) atoms. The highest BCUT2D eigenvalue weighted by atomic mass is 28.4. The topological polar surface area (TPSA) is 71.1 Å². The summed E-state index contributed by atoms with van der Waals surface area (Å²) in [6.45, 7) is 25.0. The molecule has 6 nitrogen and oxygen atoms in total. The van der Waals surface area contributed by atoms with Crippen LogP contribution in [0.5, 0.6) is 0 Å². The van der Waals surface area contributed by atoms with Crippen molar-refractivity contribution < 1.29 is 27.9 Å². The zero-order chi connectivity index (χ0) is 46.4. The average Bonchev–Trinajstić information content (AvgIpc) is 3.84. The quantitative estimate of drug-likeness (QED) is 0.0483. The van der Waals surface area contributed by atoms with E-state index in [1.807, 2.05) is 6.08 Å². The van der Waals surface area contributed by atoms with E-state index in [0.717, 1.165) is 43.3 Å². The molecule has 0 radical (unpaired) electrons. The van der Waals surface area contributed by atoms with Gasteiger partial charge in [-0.1, -0.05) is 183 Å². The van der Waals surface area contributed by atoms with Gasteiger partial charge >= 0.3 is 5.97 Å². The van der Waals surface area contributed by atoms with Gasteiger partial charge in [-0.15, -0.1) is 6.58 Å². The summed E-state index contributed by atoms with van der Waals surface area (Å²) in [5.41, 5.74) is 0.314. The lowest BCUT2D eigenvalue weighted by molar-refractivity contribution is -0.161. The Labute approximate surface area is 391 Å². The van der Waals surface area contributed by atoms with Crippen LogP contribution in [0.25, 0.3) is 0 Å². The second kappa shape index (κ2) is 18.1. The molecule has 1 saturated carbocycles. The van der Waals surface area contributed by atoms with Crippen molar-refractivity contribution in [3.05, 3.63) is 145 Å². The average molecular weight is 909 g/mol. The molecule has 2 aliphatic carbocycles. The van der Waals surface area contributed by atoms with Gasteiger partial charge in [-0.25, -0.2) is 0 Å². The molecule has 0 amide bonds. The Morgan fingerprint density at radius 1 is 0.785 bits per heavy atom. The number of hydrogen-bond acceptors (Lipinski definition) is 6. The van der Waals surface area contributed by atoms with Gasteiger partial charge in [0.25, 0.3) is 16.6 Å². The fourth-order valence-corrected chi connectivity index (χ4v) is 22.1. The number of ether oxygens (including phenoxy) is 2. The van der Waals surface area contributed by atoms with Crippen molar-refractivity contribution >= 4 is 49.6 Å². The van der Waals surface area contributed by atoms with Crippen molar-refractivity contribution in [2.75, 3.05) is 6.61 Å². The van der Waals surface area contributed by atoms with E-state index in [0.29, 0.717) is 37.0 Å². The monoisotopic (exact) mass is 908 g/mol. The fraction of sp³-hybridized carbons (Fsp3) is 0.474. The predicted molar refractivity (Wildman–Crippen MR) is 268 cm³/mol. The maximum Gasteiger partial charge on any atom is 0.303 e. The third kappa shape index (κ3) is 8.45. The minimum Gasteiger partial charge on any atom is -0.455 e. The molecule has 4 aliphatic rings. The Kier molecular flexibility index (Phi) is 13.2. The lowest BCUT2D eigenvalue weighted by Gasteiger charge is -2.50. The van der Waals surface area contributed by atoms with E-state index in [9.17, 15) is 9.59 Å². The van der Waals surface area contributed by atoms with Crippen molar-refractivity contribution in [1.82, 2.24) is 0 Å². The SMILES string of the molecule is C=C[C@H]1C(C)(C)[C@H]2O[C@]1([C@@H](OC(C)=O)C1=C(C=O)CC(C[C@H]3C[C@@H]3CO[Si](c3ccccc3)(c3ccccc3)C(C)(C)C)CC1)C[C@@H]2O[Si](c1ccccc1)(c1ccccc1)C(C)(C)C. The van der Waals surface area contributed by atoms with Crippen LogP contribution in [0, 0.1) is 29.1 Å². The fourth-order valence-electron chi connectivity index (χ4n) is 12.8. The molecule has 4 aromatic carbocycles. The Hall–Kier alpha value is -4.19. The van der Waals surface area contributed by atoms with Gasteiger partial charge in [0, 0.05) is 31.3 Å². The third-order valence-electron chi connectivity index (χ3n) is 15.8. The molecule has 1 unspecified atom stereocenters. The van der Waals surface area contributed by atoms with E-state index < -0.39 is 33.8 Å². The molecule has 3 fully saturated rings. The predicted octanol–water partition coefficient (Wildman–Crippen LogP) is 10.1. The zero-order valence-corrected chi connectivity index (χ0v) is 42.3. The van der Waals surface area contributed by atoms with Crippen molar-refractivity contribution in [2.24, 2.45) is 29.1 Å². The van der Waals surface area contributed by atoms with Gasteiger partial charge < -0.3 is 18.3 Å². The first-order valence-electron chi connectivity index (χ1n) is 24.1. The number of aldehydes is 1. The summed E-state index contributed by atoms with van der Waals surface area (Å²) in [7, 11) is -5.61. The summed E-state index contributed by atoms with van der Waals surface area (Å²) in [6, 6.07) is 43.2. The minimum atomic E-state index is -2.98. The number of carbonyl (C=O) groups is 2. The number of fused-ring (bicyclic) bond motifs is 2. The van der Waals surface area contributed by atoms with Crippen molar-refractivity contribution in [1.29, 1.82) is 0 Å². The van der Waals surface area contributed by atoms with Gasteiger partial charge in [0.1, 0.15) is 11.9 Å². The highest BCUT2D eigenvalue weighted by Gasteiger charge is 2.72. The molecule has 4 aromatic rings. The molecule has 344 valence electrons. The highest BCUT2D eigenvalue weighted by Crippen LogP contribution is 2.63. The van der Waals surface area contributed by atoms with Gasteiger partial charge in [0.15, 0.2) is 6.10 Å². The van der Waals surface area contributed by atoms with E-state index in [2.05, 4.69) is 183 Å². The van der Waals surface area contributed by atoms with Crippen molar-refractivity contribution in [3.63, 3.8) is 0 Å². The summed E-state index contributed by atoms with van der Waals surface area (Å²) in [4.78, 5) is 26.6. The second-order valence-corrected chi connectivity index (χ2v) is 30.8. The molecule has 8 heteroatoms. The molecule has 8 atom stereocenters. The van der Waals surface area contributed by atoms with E-state index in [-0.39, 0.29) is 34.2 Å². The molecule has 2 bridgehead atoms. The van der Waals surface area contributed by atoms with Crippen LogP contribution in [0.15, 0.2) is 145 Å². The van der Waals surface area contributed by atoms with Gasteiger partial charge in [-0.05, 0) is 91.8 Å². The molecule has 2 saturated heterocycles. The number of allylic oxidation sites excluding steroid dienone is 1. The molecule has 0 N–H and O–H groups in total. The van der Waals surface area contributed by atoms with E-state index in [1.165, 1.54) is 27.7 Å². The molecule has 0 aromatic heterocycles. The first-order chi connectivity index (χ1) is 30.9. The van der Waals surface area contributed by atoms with Crippen LogP contribution < -0.4 is 20.7 Å². The van der Waals surface area contributed by atoms with E-state index >= 15 is 0 Å². The molecule has 2 heterocycles. The van der Waals surface area contributed by atoms with Gasteiger partial charge in [-0.2, -0.15) is 0 Å². The van der Waals surface area contributed by atoms with Gasteiger partial charge in [-0.3, -0.25) is 9.59 Å². The lowest BCUT2D eigenvalue weighted by Crippen LogP contribution is -2.69. The molecular formula is C57H72O6Si2. The van der Waals surface area contributed by atoms with Crippen molar-refractivity contribution in [2.45, 2.75) is 135 Å². The Morgan fingerprint density at radius 2 is 1.28 bits per heavy atom. The van der Waals surface area contributed by atoms with Gasteiger partial charge in [0.05, 0.1) is 12.2 Å². The van der Waals surface area contributed by atoms with Crippen LogP contribution in [0.3, 0.4) is 0 Å². The number of esters is 1. The summed E-state index contributed by atoms with van der Waals surface area (Å²) < 4.78 is 29.1. The molecule has 8 rings (SSSR count). The Morgan fingerprint density at radius 3 is 1.72 bits per heavy atom. The lowest BCUT2D eigenvalue weighted by atomic mass is 9.59. The van der Waals surface area contributed by atoms with E-state index in [1.54, 1.807) is 0 Å². The largest absolute Gasteiger partial charge is 0.455 e. The molecular weight excluding hydrogens is 837 g/mol. The zero-order valence-electron chi connectivity index (χ0n) is 40.3. The van der Waals surface area contributed by atoms with Crippen LogP contribution in [-0.2, 0) is 27.9 Å². The first kappa shape index (κ1) is 47.3. The highest BCUT2D eigenvalue weighted by molar-refractivity contribution is 7.00. The van der Waals surface area contributed by atoms with Crippen molar-refractivity contribution in [3.8, 4) is 0 Å². The normalized spacial score (nSPS) is 27.0. The third-order valence-corrected chi connectivity index (χ3v) is 25.9. The summed E-state index contributed by atoms with van der Waals surface area (Å²) >= 11 is 0. The number of rotatable bonds is 16. The Bertz CT molecular complexity index is 2250. The maximum absolute atomic E-state index is 13.3. The summed E-state index contributed by atoms with van der Waals surface area (Å²) in [5, 5.41) is 4.73. The molecule has 0 spiro atoms. The summed E-state index contributed by atoms with van der Waals surface area (Å²) in [6.07, 6.45) is 6.69. The van der Waals surface area contributed by atoms with Crippen LogP contribution in [0.2, 0.25) is 10.1 Å². The first-order valence-corrected chi connectivity index (χ1v) is 27.9. The van der Waals surface area contributed by atoms with E-state index in [4.69, 9.17) is 18.3 Å². The van der Waals surface area contributed by atoms with Crippen LogP contribution in [0.4, 0.5) is 0 Å². The standard InChI is InChI=1S/C57H72O6Si2/c1-11-51-56(9,10)53-50(63-65(55(6,7)8,47-28-20-14-21-29-47)48-30-22-15-23-31-48)37-57(51,62-53)52(61-40(2)59)49-33-32-41(35-43(49)38-58)34-42-36-44(42)39-60-64(54(3,4)5,45-24-16-12-17-25-45)46-26-18-13-19-27-46/h11-31,38,41-42,44,50-53H,1,32-37,39H2,2-10H3/t41?,42-,44+,50-,51-,52-,53-,57+/m0/s1. The molecule has 2 aliphatic heterocycles. The van der Waals surface area contributed by atoms with Gasteiger partial charge in [0.2, 0.25) is 0 Å². The number of benzene rings is 4. The number of hydrogen-bond donors (Lipinski definition) is 0. The van der Waals surface area contributed by atoms with Crippen LogP contribution in [0.1, 0.15) is 101 Å².